The highest BCUT2D eigenvalue weighted by Crippen LogP contribution is 2.25. The van der Waals surface area contributed by atoms with Gasteiger partial charge in [-0.1, -0.05) is 0 Å². The van der Waals surface area contributed by atoms with E-state index in [2.05, 4.69) is 10.2 Å². The van der Waals surface area contributed by atoms with Crippen molar-refractivity contribution < 1.29 is 13.9 Å². The highest BCUT2D eigenvalue weighted by atomic mass is 19.1. The van der Waals surface area contributed by atoms with Crippen LogP contribution in [0.25, 0.3) is 0 Å². The molecule has 2 aromatic carbocycles. The van der Waals surface area contributed by atoms with Gasteiger partial charge in [0.15, 0.2) is 0 Å². The summed E-state index contributed by atoms with van der Waals surface area (Å²) >= 11 is 0. The Labute approximate surface area is 146 Å². The number of nitrogens with two attached hydrogens (primary N) is 1. The van der Waals surface area contributed by atoms with Crippen LogP contribution in [0, 0.1) is 11.7 Å². The van der Waals surface area contributed by atoms with Crippen LogP contribution in [0.15, 0.2) is 42.5 Å². The summed E-state index contributed by atoms with van der Waals surface area (Å²) in [6.45, 7) is 2.71. The van der Waals surface area contributed by atoms with Crippen LogP contribution in [0.5, 0.6) is 0 Å². The van der Waals surface area contributed by atoms with Gasteiger partial charge in [0.1, 0.15) is 5.82 Å². The van der Waals surface area contributed by atoms with Crippen molar-refractivity contribution in [2.45, 2.75) is 6.42 Å². The molecule has 1 amide bonds. The minimum Gasteiger partial charge on any atom is -0.397 e. The molecule has 25 heavy (non-hydrogen) atoms. The Morgan fingerprint density at radius 2 is 2.08 bits per heavy atom. The molecule has 0 spiro atoms. The fourth-order valence-corrected chi connectivity index (χ4v) is 3.09. The Bertz CT molecular complexity index is 749. The lowest BCUT2D eigenvalue weighted by atomic mass is 10.1. The maximum atomic E-state index is 13.3. The van der Waals surface area contributed by atoms with Gasteiger partial charge in [-0.05, 0) is 48.9 Å². The van der Waals surface area contributed by atoms with Gasteiger partial charge in [0.2, 0.25) is 0 Å². The third kappa shape index (κ3) is 4.09. The van der Waals surface area contributed by atoms with Gasteiger partial charge in [0.25, 0.3) is 5.91 Å². The molecule has 1 unspecified atom stereocenters. The Hall–Kier alpha value is -2.60. The van der Waals surface area contributed by atoms with E-state index >= 15 is 0 Å². The number of halogens is 1. The van der Waals surface area contributed by atoms with Crippen LogP contribution >= 0.6 is 0 Å². The van der Waals surface area contributed by atoms with E-state index in [-0.39, 0.29) is 11.6 Å². The largest absolute Gasteiger partial charge is 0.397 e. The average Bonchev–Trinajstić information content (AvgIpc) is 3.07. The predicted molar refractivity (Wildman–Crippen MR) is 97.4 cm³/mol. The SMILES string of the molecule is COCC1CCN(c2ccc(C(=O)Nc3cc(F)ccc3N)cc2)C1. The van der Waals surface area contributed by atoms with Crippen molar-refractivity contribution in [3.05, 3.63) is 53.8 Å². The number of rotatable bonds is 5. The molecule has 1 aliphatic rings. The number of carbonyl (C=O) groups is 1. The summed E-state index contributed by atoms with van der Waals surface area (Å²) in [5.41, 5.74) is 7.95. The fraction of sp³-hybridized carbons (Fsp3) is 0.316. The molecule has 1 aliphatic heterocycles. The monoisotopic (exact) mass is 343 g/mol. The Kier molecular flexibility index (Phi) is 5.19. The van der Waals surface area contributed by atoms with Crippen molar-refractivity contribution in [3.63, 3.8) is 0 Å². The fourth-order valence-electron chi connectivity index (χ4n) is 3.09. The third-order valence-electron chi connectivity index (χ3n) is 4.45. The maximum Gasteiger partial charge on any atom is 0.255 e. The zero-order chi connectivity index (χ0) is 17.8. The second-order valence-electron chi connectivity index (χ2n) is 6.29. The lowest BCUT2D eigenvalue weighted by Crippen LogP contribution is -2.21. The molecule has 6 heteroatoms. The summed E-state index contributed by atoms with van der Waals surface area (Å²) in [6, 6.07) is 11.3. The summed E-state index contributed by atoms with van der Waals surface area (Å²) in [6.07, 6.45) is 1.11. The van der Waals surface area contributed by atoms with Crippen molar-refractivity contribution >= 4 is 23.0 Å². The molecule has 0 radical (unpaired) electrons. The number of hydrogen-bond donors (Lipinski definition) is 2. The van der Waals surface area contributed by atoms with Gasteiger partial charge in [-0.15, -0.1) is 0 Å². The summed E-state index contributed by atoms with van der Waals surface area (Å²) < 4.78 is 18.5. The molecule has 3 N–H and O–H groups in total. The van der Waals surface area contributed by atoms with Crippen molar-refractivity contribution in [2.75, 3.05) is 42.8 Å². The van der Waals surface area contributed by atoms with E-state index in [1.807, 2.05) is 12.1 Å². The van der Waals surface area contributed by atoms with E-state index in [9.17, 15) is 9.18 Å². The first-order valence-electron chi connectivity index (χ1n) is 8.27. The minimum absolute atomic E-state index is 0.274. The van der Waals surface area contributed by atoms with Gasteiger partial charge in [-0.2, -0.15) is 0 Å². The predicted octanol–water partition coefficient (Wildman–Crippen LogP) is 3.13. The maximum absolute atomic E-state index is 13.3. The molecule has 1 fully saturated rings. The van der Waals surface area contributed by atoms with Crippen molar-refractivity contribution in [3.8, 4) is 0 Å². The molecule has 132 valence electrons. The molecule has 1 saturated heterocycles. The Morgan fingerprint density at radius 3 is 2.80 bits per heavy atom. The van der Waals surface area contributed by atoms with Crippen LogP contribution in [0.4, 0.5) is 21.5 Å². The summed E-state index contributed by atoms with van der Waals surface area (Å²) in [5, 5.41) is 2.65. The van der Waals surface area contributed by atoms with Gasteiger partial charge in [-0.25, -0.2) is 4.39 Å². The number of carbonyl (C=O) groups excluding carboxylic acids is 1. The van der Waals surface area contributed by atoms with E-state index in [0.717, 1.165) is 31.8 Å². The smallest absolute Gasteiger partial charge is 0.255 e. The van der Waals surface area contributed by atoms with Crippen LogP contribution in [0.3, 0.4) is 0 Å². The van der Waals surface area contributed by atoms with Crippen molar-refractivity contribution in [2.24, 2.45) is 5.92 Å². The first kappa shape index (κ1) is 17.2. The number of hydrogen-bond acceptors (Lipinski definition) is 4. The zero-order valence-electron chi connectivity index (χ0n) is 14.2. The highest BCUT2D eigenvalue weighted by molar-refractivity contribution is 6.05. The number of nitrogens with zero attached hydrogens (tertiary/aromatic N) is 1. The second-order valence-corrected chi connectivity index (χ2v) is 6.29. The summed E-state index contributed by atoms with van der Waals surface area (Å²) in [4.78, 5) is 14.6. The number of anilines is 3. The van der Waals surface area contributed by atoms with Crippen LogP contribution in [-0.4, -0.2) is 32.7 Å². The topological polar surface area (TPSA) is 67.6 Å². The van der Waals surface area contributed by atoms with Crippen LogP contribution in [0.1, 0.15) is 16.8 Å². The molecule has 0 saturated carbocycles. The molecule has 0 bridgehead atoms. The van der Waals surface area contributed by atoms with E-state index in [1.54, 1.807) is 19.2 Å². The van der Waals surface area contributed by atoms with Crippen molar-refractivity contribution in [1.82, 2.24) is 0 Å². The molecule has 2 aromatic rings. The molecule has 1 heterocycles. The normalized spacial score (nSPS) is 16.9. The van der Waals surface area contributed by atoms with E-state index in [4.69, 9.17) is 10.5 Å². The zero-order valence-corrected chi connectivity index (χ0v) is 14.2. The number of benzene rings is 2. The molecule has 0 aromatic heterocycles. The van der Waals surface area contributed by atoms with Crippen LogP contribution < -0.4 is 16.0 Å². The molecule has 3 rings (SSSR count). The lowest BCUT2D eigenvalue weighted by Gasteiger charge is -2.19. The molecular formula is C19H22FN3O2. The number of nitrogen functional groups attached to an aromatic ring is 1. The van der Waals surface area contributed by atoms with Gasteiger partial charge >= 0.3 is 0 Å². The summed E-state index contributed by atoms with van der Waals surface area (Å²) in [5.74, 6) is -0.217. The van der Waals surface area contributed by atoms with Gasteiger partial charge in [-0.3, -0.25) is 4.79 Å². The average molecular weight is 343 g/mol. The van der Waals surface area contributed by atoms with Gasteiger partial charge in [0, 0.05) is 37.4 Å². The highest BCUT2D eigenvalue weighted by Gasteiger charge is 2.22. The number of amides is 1. The quantitative estimate of drug-likeness (QED) is 0.819. The van der Waals surface area contributed by atoms with E-state index in [0.29, 0.717) is 17.2 Å². The lowest BCUT2D eigenvalue weighted by molar-refractivity contribution is 0.102. The third-order valence-corrected chi connectivity index (χ3v) is 4.45. The number of ether oxygens (including phenoxy) is 1. The molecule has 5 nitrogen and oxygen atoms in total. The van der Waals surface area contributed by atoms with Gasteiger partial charge in [0.05, 0.1) is 18.0 Å². The standard InChI is InChI=1S/C19H22FN3O2/c1-25-12-13-8-9-23(11-13)16-5-2-14(3-6-16)19(24)22-18-10-15(20)4-7-17(18)21/h2-7,10,13H,8-9,11-12,21H2,1H3,(H,22,24). The molecular weight excluding hydrogens is 321 g/mol. The van der Waals surface area contributed by atoms with E-state index in [1.165, 1.54) is 18.2 Å². The van der Waals surface area contributed by atoms with Crippen LogP contribution in [0.2, 0.25) is 0 Å². The van der Waals surface area contributed by atoms with Crippen LogP contribution in [-0.2, 0) is 4.74 Å². The van der Waals surface area contributed by atoms with E-state index < -0.39 is 5.82 Å². The molecule has 0 aliphatic carbocycles. The minimum atomic E-state index is -0.445. The first-order chi connectivity index (χ1) is 12.1. The van der Waals surface area contributed by atoms with Gasteiger partial charge < -0.3 is 20.7 Å². The number of methoxy groups -OCH3 is 1. The Morgan fingerprint density at radius 1 is 1.32 bits per heavy atom. The number of nitrogens with one attached hydrogen (secondary N) is 1. The first-order valence-corrected chi connectivity index (χ1v) is 8.27. The summed E-state index contributed by atoms with van der Waals surface area (Å²) in [7, 11) is 1.72. The second kappa shape index (κ2) is 7.53. The molecule has 1 atom stereocenters. The Balaban J connectivity index is 1.66. The van der Waals surface area contributed by atoms with Crippen molar-refractivity contribution in [1.29, 1.82) is 0 Å².